The Morgan fingerprint density at radius 1 is 0.554 bits per heavy atom. The van der Waals surface area contributed by atoms with E-state index in [9.17, 15) is 18.4 Å². The van der Waals surface area contributed by atoms with E-state index in [-0.39, 0.29) is 84.6 Å². The summed E-state index contributed by atoms with van der Waals surface area (Å²) in [6.07, 6.45) is 3.26. The molecule has 10 rings (SSSR count). The number of carbonyl (C=O) groups is 2. The largest absolute Gasteiger partial charge is 1.00 e. The smallest absolute Gasteiger partial charge is 0.415 e. The van der Waals surface area contributed by atoms with Gasteiger partial charge in [-0.05, 0) is 35.4 Å². The van der Waals surface area contributed by atoms with E-state index in [0.29, 0.717) is 11.8 Å². The van der Waals surface area contributed by atoms with Crippen molar-refractivity contribution in [3.8, 4) is 0 Å². The zero-order valence-electron chi connectivity index (χ0n) is 32.1. The van der Waals surface area contributed by atoms with E-state index in [1.807, 2.05) is 60.7 Å². The third-order valence-corrected chi connectivity index (χ3v) is 12.1. The van der Waals surface area contributed by atoms with Crippen LogP contribution < -0.4 is 57.8 Å². The zero-order valence-corrected chi connectivity index (χ0v) is 36.4. The summed E-state index contributed by atoms with van der Waals surface area (Å²) in [6.45, 7) is 6.88. The van der Waals surface area contributed by atoms with Gasteiger partial charge >= 0.3 is 12.2 Å². The van der Waals surface area contributed by atoms with Crippen LogP contribution in [0.25, 0.3) is 0 Å². The summed E-state index contributed by atoms with van der Waals surface area (Å²) in [5.74, 6) is 0.0118. The van der Waals surface area contributed by atoms with Gasteiger partial charge in [-0.2, -0.15) is 0 Å². The van der Waals surface area contributed by atoms with E-state index in [4.69, 9.17) is 9.47 Å². The fourth-order valence-electron chi connectivity index (χ4n) is 8.72. The van der Waals surface area contributed by atoms with Crippen LogP contribution in [0.3, 0.4) is 0 Å². The zero-order chi connectivity index (χ0) is 37.7. The average Bonchev–Trinajstić information content (AvgIpc) is 3.18. The minimum atomic E-state index is -0.464. The highest BCUT2D eigenvalue weighted by molar-refractivity contribution is 5.88. The fraction of sp³-hybridized carbons (Fsp3) is 0.409. The molecular weight excluding hydrogens is 940 g/mol. The average molecular weight is 993 g/mol. The van der Waals surface area contributed by atoms with Gasteiger partial charge in [-0.15, -0.1) is 0 Å². The van der Waals surface area contributed by atoms with Crippen molar-refractivity contribution >= 4 is 23.6 Å². The van der Waals surface area contributed by atoms with Gasteiger partial charge in [-0.1, -0.05) is 84.9 Å². The first-order valence-electron chi connectivity index (χ1n) is 19.3. The molecule has 6 heterocycles. The van der Waals surface area contributed by atoms with Crippen LogP contribution in [0.15, 0.2) is 109 Å². The number of hydrogen-bond acceptors (Lipinski definition) is 4. The van der Waals surface area contributed by atoms with Gasteiger partial charge in [0.2, 0.25) is 0 Å². The Morgan fingerprint density at radius 2 is 0.875 bits per heavy atom. The standard InChI is InChI=1S/2C22H26FN2O2.2HI/c2*1-25-13-11-18(12-14-25)21(16-25)27-22(26)24(15-17-7-3-2-4-8-17)20-10-6-5-9-19(20)23;;/h2*2-10,18,21H,11-16H2,1H3;2*1H/q2*+1;;/p-2/t2*18?,21-,25?;;/m00../s1. The second-order valence-electron chi connectivity index (χ2n) is 16.1. The number of rotatable bonds is 8. The normalized spacial score (nSPS) is 25.6. The lowest BCUT2D eigenvalue weighted by molar-refractivity contribution is -0.928. The van der Waals surface area contributed by atoms with Gasteiger partial charge in [0.05, 0.1) is 64.7 Å². The van der Waals surface area contributed by atoms with E-state index in [1.54, 1.807) is 36.4 Å². The van der Waals surface area contributed by atoms with Gasteiger partial charge in [-0.3, -0.25) is 9.80 Å². The van der Waals surface area contributed by atoms with E-state index in [1.165, 1.54) is 21.9 Å². The Balaban J connectivity index is 0.000000207. The van der Waals surface area contributed by atoms with Crippen LogP contribution >= 0.6 is 0 Å². The van der Waals surface area contributed by atoms with E-state index >= 15 is 0 Å². The molecule has 4 bridgehead atoms. The molecule has 4 aromatic rings. The fourth-order valence-corrected chi connectivity index (χ4v) is 8.72. The third-order valence-electron chi connectivity index (χ3n) is 12.1. The Labute approximate surface area is 364 Å². The summed E-state index contributed by atoms with van der Waals surface area (Å²) < 4.78 is 42.7. The van der Waals surface area contributed by atoms with Crippen molar-refractivity contribution in [3.05, 3.63) is 132 Å². The van der Waals surface area contributed by atoms with Crippen molar-refractivity contribution < 1.29 is 84.8 Å². The van der Waals surface area contributed by atoms with Gasteiger partial charge in [0.1, 0.15) is 24.7 Å². The van der Waals surface area contributed by atoms with E-state index in [0.717, 1.165) is 85.0 Å². The maximum Gasteiger partial charge on any atom is 0.415 e. The molecule has 0 aromatic heterocycles. The minimum absolute atomic E-state index is 0. The number of carbonyl (C=O) groups excluding carboxylic acids is 2. The number of para-hydroxylation sites is 2. The first kappa shape index (κ1) is 43.8. The summed E-state index contributed by atoms with van der Waals surface area (Å²) in [7, 11) is 4.46. The lowest BCUT2D eigenvalue weighted by Crippen LogP contribution is -3.00. The van der Waals surface area contributed by atoms with Gasteiger partial charge in [0.15, 0.2) is 12.2 Å². The van der Waals surface area contributed by atoms with Crippen LogP contribution in [0.2, 0.25) is 0 Å². The Bertz CT molecular complexity index is 1760. The predicted octanol–water partition coefficient (Wildman–Crippen LogP) is 2.42. The van der Waals surface area contributed by atoms with Gasteiger partial charge in [0, 0.05) is 37.5 Å². The molecule has 0 saturated carbocycles. The molecule has 0 N–H and O–H groups in total. The number of nitrogens with zero attached hydrogens (tertiary/aromatic N) is 4. The Hall–Kier alpha value is -3.34. The van der Waals surface area contributed by atoms with Crippen molar-refractivity contribution in [1.29, 1.82) is 0 Å². The number of hydrogen-bond donors (Lipinski definition) is 0. The number of ether oxygens (including phenoxy) is 2. The van der Waals surface area contributed by atoms with Crippen LogP contribution in [0, 0.1) is 23.5 Å². The topological polar surface area (TPSA) is 59.1 Å². The molecule has 6 saturated heterocycles. The Kier molecular flexibility index (Phi) is 15.2. The van der Waals surface area contributed by atoms with E-state index in [2.05, 4.69) is 14.1 Å². The summed E-state index contributed by atoms with van der Waals surface area (Å²) in [4.78, 5) is 29.0. The van der Waals surface area contributed by atoms with Crippen molar-refractivity contribution in [2.24, 2.45) is 11.8 Å². The van der Waals surface area contributed by atoms with Crippen LogP contribution in [0.5, 0.6) is 0 Å². The molecule has 6 aliphatic heterocycles. The number of benzene rings is 4. The number of halogens is 4. The molecule has 0 spiro atoms. The van der Waals surface area contributed by atoms with E-state index < -0.39 is 23.8 Å². The highest BCUT2D eigenvalue weighted by atomic mass is 127. The third kappa shape index (κ3) is 10.6. The minimum Gasteiger partial charge on any atom is -1.00 e. The second-order valence-corrected chi connectivity index (χ2v) is 16.1. The lowest BCUT2D eigenvalue weighted by atomic mass is 9.84. The monoisotopic (exact) mass is 992 g/mol. The second kappa shape index (κ2) is 19.4. The molecule has 56 heavy (non-hydrogen) atoms. The van der Waals surface area contributed by atoms with Crippen molar-refractivity contribution in [3.63, 3.8) is 0 Å². The molecule has 12 heteroatoms. The molecule has 6 aliphatic rings. The number of amides is 2. The first-order valence-corrected chi connectivity index (χ1v) is 19.3. The Morgan fingerprint density at radius 3 is 1.20 bits per heavy atom. The summed E-state index contributed by atoms with van der Waals surface area (Å²) in [5, 5.41) is 0. The number of fused-ring (bicyclic) bond motifs is 6. The molecular formula is C44H52F2I2N4O4. The summed E-state index contributed by atoms with van der Waals surface area (Å²) in [5.41, 5.74) is 2.39. The molecule has 2 amide bonds. The van der Waals surface area contributed by atoms with Crippen molar-refractivity contribution in [2.45, 2.75) is 51.0 Å². The lowest BCUT2D eigenvalue weighted by Gasteiger charge is -2.49. The summed E-state index contributed by atoms with van der Waals surface area (Å²) in [6, 6.07) is 32.0. The van der Waals surface area contributed by atoms with Crippen molar-refractivity contribution in [1.82, 2.24) is 0 Å². The van der Waals surface area contributed by atoms with Crippen LogP contribution in [-0.4, -0.2) is 86.7 Å². The van der Waals surface area contributed by atoms with Gasteiger partial charge < -0.3 is 66.4 Å². The molecule has 4 aromatic carbocycles. The SMILES string of the molecule is C[N+]12CCC(CC1)[C@@H](OC(=O)N(Cc1ccccc1)c1ccccc1F)C2.C[N+]12CCC(CC1)[C@@H](OC(=O)N(Cc1ccccc1)c1ccccc1F)C2.[I-].[I-]. The van der Waals surface area contributed by atoms with Crippen molar-refractivity contribution in [2.75, 3.05) is 63.2 Å². The predicted molar refractivity (Wildman–Crippen MR) is 206 cm³/mol. The maximum atomic E-state index is 14.4. The summed E-state index contributed by atoms with van der Waals surface area (Å²) >= 11 is 0. The molecule has 8 nitrogen and oxygen atoms in total. The number of piperidine rings is 6. The molecule has 0 radical (unpaired) electrons. The first-order chi connectivity index (χ1) is 26.1. The molecule has 2 atom stereocenters. The van der Waals surface area contributed by atoms with Crippen LogP contribution in [0.4, 0.5) is 29.7 Å². The highest BCUT2D eigenvalue weighted by Crippen LogP contribution is 2.36. The van der Waals surface area contributed by atoms with Gasteiger partial charge in [-0.25, -0.2) is 18.4 Å². The number of likely N-dealkylation sites (N-methyl/N-ethyl adjacent to an activating group) is 2. The number of anilines is 2. The molecule has 6 fully saturated rings. The van der Waals surface area contributed by atoms with Crippen LogP contribution in [-0.2, 0) is 22.6 Å². The number of quaternary nitrogens is 2. The maximum absolute atomic E-state index is 14.4. The molecule has 0 unspecified atom stereocenters. The van der Waals surface area contributed by atoms with Crippen LogP contribution in [0.1, 0.15) is 36.8 Å². The molecule has 0 aliphatic carbocycles. The molecule has 300 valence electrons. The quantitative estimate of drug-likeness (QED) is 0.202. The highest BCUT2D eigenvalue weighted by Gasteiger charge is 2.47. The van der Waals surface area contributed by atoms with Gasteiger partial charge in [0.25, 0.3) is 0 Å².